The van der Waals surface area contributed by atoms with Gasteiger partial charge >= 0.3 is 12.1 Å². The number of hydrogen-bond acceptors (Lipinski definition) is 6. The van der Waals surface area contributed by atoms with Gasteiger partial charge in [0.05, 0.1) is 16.0 Å². The molecule has 29 heavy (non-hydrogen) atoms. The molecule has 150 valence electrons. The van der Waals surface area contributed by atoms with Crippen LogP contribution in [0.15, 0.2) is 52.7 Å². The molecule has 0 saturated carbocycles. The van der Waals surface area contributed by atoms with Crippen LogP contribution in [-0.4, -0.2) is 27.5 Å². The van der Waals surface area contributed by atoms with Crippen LogP contribution in [0.3, 0.4) is 0 Å². The minimum Gasteiger partial charge on any atom is -0.493 e. The van der Waals surface area contributed by atoms with Crippen molar-refractivity contribution < 1.29 is 32.7 Å². The zero-order valence-corrected chi connectivity index (χ0v) is 14.3. The van der Waals surface area contributed by atoms with Crippen LogP contribution in [0.1, 0.15) is 5.56 Å². The van der Waals surface area contributed by atoms with Crippen molar-refractivity contribution in [2.75, 3.05) is 6.61 Å². The number of nitro benzene ring substituents is 1. The summed E-state index contributed by atoms with van der Waals surface area (Å²) in [5.41, 5.74) is -1.06. The molecule has 0 aliphatic heterocycles. The van der Waals surface area contributed by atoms with Gasteiger partial charge in [0, 0.05) is 17.5 Å². The van der Waals surface area contributed by atoms with Gasteiger partial charge in [0.25, 0.3) is 5.69 Å². The van der Waals surface area contributed by atoms with Crippen molar-refractivity contribution in [3.63, 3.8) is 0 Å². The second-order valence-electron chi connectivity index (χ2n) is 5.72. The summed E-state index contributed by atoms with van der Waals surface area (Å²) in [6.45, 7) is -0.700. The number of hydrogen-bond donors (Lipinski definition) is 2. The molecule has 0 atom stereocenters. The lowest BCUT2D eigenvalue weighted by molar-refractivity contribution is -0.384. The van der Waals surface area contributed by atoms with E-state index < -0.39 is 35.1 Å². The monoisotopic (exact) mass is 408 g/mol. The molecular formula is C17H11F3N4O5. The van der Waals surface area contributed by atoms with Gasteiger partial charge in [0.2, 0.25) is 5.88 Å². The number of nitrogens with zero attached hydrogens (tertiary/aromatic N) is 3. The highest BCUT2D eigenvalue weighted by atomic mass is 19.4. The van der Waals surface area contributed by atoms with E-state index in [1.165, 1.54) is 18.2 Å². The minimum absolute atomic E-state index is 0.159. The molecule has 0 radical (unpaired) electrons. The van der Waals surface area contributed by atoms with Crippen LogP contribution in [0.2, 0.25) is 0 Å². The second-order valence-corrected chi connectivity index (χ2v) is 5.72. The van der Waals surface area contributed by atoms with Crippen molar-refractivity contribution >= 4 is 28.2 Å². The first-order valence-corrected chi connectivity index (χ1v) is 7.89. The Morgan fingerprint density at radius 1 is 1.24 bits per heavy atom. The lowest BCUT2D eigenvalue weighted by Gasteiger charge is -2.08. The number of nitrogens with one attached hydrogen (secondary N) is 1. The first-order chi connectivity index (χ1) is 13.6. The molecule has 3 rings (SSSR count). The molecule has 0 aliphatic carbocycles. The third-order valence-electron chi connectivity index (χ3n) is 3.73. The zero-order chi connectivity index (χ0) is 21.2. The second kappa shape index (κ2) is 7.58. The summed E-state index contributed by atoms with van der Waals surface area (Å²) >= 11 is 0. The van der Waals surface area contributed by atoms with Gasteiger partial charge in [-0.3, -0.25) is 14.9 Å². The molecule has 0 spiro atoms. The van der Waals surface area contributed by atoms with Crippen molar-refractivity contribution in [1.29, 1.82) is 0 Å². The molecule has 3 aromatic rings. The number of ether oxygens (including phenoxy) is 1. The normalized spacial score (nSPS) is 11.8. The number of benzene rings is 2. The number of non-ortho nitro benzene ring substituents is 1. The Kier molecular flexibility index (Phi) is 5.17. The molecule has 12 heteroatoms. The summed E-state index contributed by atoms with van der Waals surface area (Å²) in [6, 6.07) is 7.66. The van der Waals surface area contributed by atoms with Crippen LogP contribution in [-0.2, 0) is 11.0 Å². The van der Waals surface area contributed by atoms with Gasteiger partial charge in [-0.25, -0.2) is 0 Å². The lowest BCUT2D eigenvalue weighted by atomic mass is 10.2. The maximum absolute atomic E-state index is 12.7. The van der Waals surface area contributed by atoms with Gasteiger partial charge < -0.3 is 14.8 Å². The Labute approximate surface area is 159 Å². The van der Waals surface area contributed by atoms with E-state index in [9.17, 15) is 33.2 Å². The van der Waals surface area contributed by atoms with Crippen molar-refractivity contribution in [3.8, 4) is 11.6 Å². The van der Waals surface area contributed by atoms with Gasteiger partial charge in [-0.2, -0.15) is 13.2 Å². The Bertz CT molecular complexity index is 1120. The molecule has 0 saturated heterocycles. The molecule has 1 amide bonds. The number of aromatic amines is 1. The number of aromatic nitrogens is 1. The number of fused-ring (bicyclic) bond motifs is 1. The molecule has 0 unspecified atom stereocenters. The van der Waals surface area contributed by atoms with Crippen LogP contribution < -0.4 is 4.74 Å². The van der Waals surface area contributed by atoms with Crippen LogP contribution in [0, 0.1) is 10.1 Å². The van der Waals surface area contributed by atoms with Crippen LogP contribution in [0.25, 0.3) is 10.9 Å². The average Bonchev–Trinajstić information content (AvgIpc) is 2.98. The molecule has 0 aliphatic rings. The number of amides is 1. The number of aromatic hydroxyl groups is 1. The highest BCUT2D eigenvalue weighted by Gasteiger charge is 2.30. The number of carbonyl (C=O) groups excluding carboxylic acids is 1. The average molecular weight is 408 g/mol. The van der Waals surface area contributed by atoms with Crippen LogP contribution >= 0.6 is 0 Å². The van der Waals surface area contributed by atoms with Gasteiger partial charge in [-0.1, -0.05) is 6.07 Å². The smallest absolute Gasteiger partial charge is 0.416 e. The van der Waals surface area contributed by atoms with E-state index in [0.717, 1.165) is 24.3 Å². The molecular weight excluding hydrogens is 397 g/mol. The quantitative estimate of drug-likeness (QED) is 0.365. The summed E-state index contributed by atoms with van der Waals surface area (Å²) < 4.78 is 43.0. The van der Waals surface area contributed by atoms with E-state index in [-0.39, 0.29) is 22.5 Å². The van der Waals surface area contributed by atoms with E-state index in [2.05, 4.69) is 15.2 Å². The van der Waals surface area contributed by atoms with Crippen LogP contribution in [0.5, 0.6) is 11.6 Å². The molecule has 2 N–H and O–H groups in total. The first-order valence-electron chi connectivity index (χ1n) is 7.89. The minimum atomic E-state index is -4.56. The maximum Gasteiger partial charge on any atom is 0.416 e. The topological polar surface area (TPSA) is 130 Å². The predicted molar refractivity (Wildman–Crippen MR) is 93.1 cm³/mol. The third kappa shape index (κ3) is 4.48. The number of halogens is 3. The lowest BCUT2D eigenvalue weighted by Crippen LogP contribution is -2.09. The van der Waals surface area contributed by atoms with Crippen LogP contribution in [0.4, 0.5) is 24.5 Å². The Balaban J connectivity index is 1.74. The SMILES string of the molecule is O=C(COc1cccc(C(F)(F)F)c1)N=Nc1c(O)[nH]c2ccc([N+](=O)[O-])cc12. The highest BCUT2D eigenvalue weighted by Crippen LogP contribution is 2.37. The molecule has 2 aromatic carbocycles. The van der Waals surface area contributed by atoms with Crippen molar-refractivity contribution in [2.45, 2.75) is 6.18 Å². The van der Waals surface area contributed by atoms with Gasteiger partial charge in [0.15, 0.2) is 12.3 Å². The van der Waals surface area contributed by atoms with Gasteiger partial charge in [-0.05, 0) is 24.3 Å². The van der Waals surface area contributed by atoms with Crippen molar-refractivity contribution in [1.82, 2.24) is 4.98 Å². The molecule has 1 heterocycles. The summed E-state index contributed by atoms with van der Waals surface area (Å²) in [5.74, 6) is -1.59. The largest absolute Gasteiger partial charge is 0.493 e. The highest BCUT2D eigenvalue weighted by molar-refractivity contribution is 5.95. The molecule has 9 nitrogen and oxygen atoms in total. The van der Waals surface area contributed by atoms with E-state index in [1.807, 2.05) is 0 Å². The fourth-order valence-corrected chi connectivity index (χ4v) is 2.41. The number of carbonyl (C=O) groups is 1. The molecule has 0 bridgehead atoms. The summed E-state index contributed by atoms with van der Waals surface area (Å²) in [6.07, 6.45) is -4.56. The zero-order valence-electron chi connectivity index (χ0n) is 14.3. The molecule has 1 aromatic heterocycles. The fourth-order valence-electron chi connectivity index (χ4n) is 2.41. The first kappa shape index (κ1) is 19.8. The summed E-state index contributed by atoms with van der Waals surface area (Å²) in [7, 11) is 0. The Hall–Kier alpha value is -3.96. The number of rotatable bonds is 5. The van der Waals surface area contributed by atoms with E-state index in [4.69, 9.17) is 4.74 Å². The van der Waals surface area contributed by atoms with Crippen molar-refractivity contribution in [3.05, 3.63) is 58.1 Å². The standard InChI is InChI=1S/C17H11F3N4O5/c18-17(19,20)9-2-1-3-11(6-9)29-8-14(25)22-23-15-12-7-10(24(27)28)4-5-13(12)21-16(15)26/h1-7,21,26H,8H2. The third-order valence-corrected chi connectivity index (χ3v) is 3.73. The Morgan fingerprint density at radius 3 is 2.69 bits per heavy atom. The summed E-state index contributed by atoms with van der Waals surface area (Å²) in [4.78, 5) is 24.6. The Morgan fingerprint density at radius 2 is 2.00 bits per heavy atom. The number of H-pyrrole nitrogens is 1. The number of alkyl halides is 3. The van der Waals surface area contributed by atoms with Crippen molar-refractivity contribution in [2.24, 2.45) is 10.2 Å². The number of azo groups is 1. The van der Waals surface area contributed by atoms with E-state index in [0.29, 0.717) is 5.52 Å². The van der Waals surface area contributed by atoms with Gasteiger partial charge in [-0.15, -0.1) is 10.2 Å². The van der Waals surface area contributed by atoms with E-state index >= 15 is 0 Å². The fraction of sp³-hybridized carbons (Fsp3) is 0.118. The predicted octanol–water partition coefficient (Wildman–Crippen LogP) is 4.49. The summed E-state index contributed by atoms with van der Waals surface area (Å²) in [5, 5.41) is 27.8. The van der Waals surface area contributed by atoms with Gasteiger partial charge in [0.1, 0.15) is 5.75 Å². The molecule has 0 fully saturated rings. The number of nitro groups is 1. The van der Waals surface area contributed by atoms with E-state index in [1.54, 1.807) is 0 Å². The maximum atomic E-state index is 12.7.